The first-order valence-electron chi connectivity index (χ1n) is 8.77. The zero-order valence-electron chi connectivity index (χ0n) is 15.3. The van der Waals surface area contributed by atoms with Gasteiger partial charge in [0.15, 0.2) is 11.9 Å². The molecular formula is C23H21NO3. The van der Waals surface area contributed by atoms with Gasteiger partial charge < -0.3 is 10.1 Å². The Labute approximate surface area is 158 Å². The number of rotatable bonds is 6. The number of anilines is 1. The Morgan fingerprint density at radius 3 is 2.19 bits per heavy atom. The first-order chi connectivity index (χ1) is 13.0. The summed E-state index contributed by atoms with van der Waals surface area (Å²) < 4.78 is 5.69. The molecule has 0 aliphatic rings. The molecule has 27 heavy (non-hydrogen) atoms. The van der Waals surface area contributed by atoms with Crippen molar-refractivity contribution in [3.8, 4) is 5.75 Å². The van der Waals surface area contributed by atoms with Crippen LogP contribution >= 0.6 is 0 Å². The lowest BCUT2D eigenvalue weighted by Gasteiger charge is -2.16. The Morgan fingerprint density at radius 1 is 0.852 bits per heavy atom. The molecule has 1 N–H and O–H groups in total. The number of aryl methyl sites for hydroxylation is 1. The summed E-state index contributed by atoms with van der Waals surface area (Å²) in [7, 11) is 0. The fourth-order valence-corrected chi connectivity index (χ4v) is 2.64. The van der Waals surface area contributed by atoms with E-state index in [0.29, 0.717) is 22.6 Å². The van der Waals surface area contributed by atoms with Gasteiger partial charge in [0.2, 0.25) is 0 Å². The molecule has 0 radical (unpaired) electrons. The fourth-order valence-electron chi connectivity index (χ4n) is 2.64. The van der Waals surface area contributed by atoms with Crippen molar-refractivity contribution in [2.75, 3.05) is 5.32 Å². The van der Waals surface area contributed by atoms with Gasteiger partial charge in [0.25, 0.3) is 5.91 Å². The molecule has 0 heterocycles. The van der Waals surface area contributed by atoms with Crippen LogP contribution in [0.4, 0.5) is 5.69 Å². The minimum Gasteiger partial charge on any atom is -0.481 e. The first kappa shape index (κ1) is 18.4. The lowest BCUT2D eigenvalue weighted by molar-refractivity contribution is -0.122. The van der Waals surface area contributed by atoms with E-state index in [4.69, 9.17) is 4.74 Å². The van der Waals surface area contributed by atoms with E-state index >= 15 is 0 Å². The Balaban J connectivity index is 1.74. The van der Waals surface area contributed by atoms with Crippen molar-refractivity contribution >= 4 is 17.4 Å². The highest BCUT2D eigenvalue weighted by Gasteiger charge is 2.19. The minimum atomic E-state index is -0.701. The number of carbonyl (C=O) groups excluding carboxylic acids is 2. The average Bonchev–Trinajstić information content (AvgIpc) is 2.70. The third-order valence-electron chi connectivity index (χ3n) is 4.17. The average molecular weight is 359 g/mol. The molecular weight excluding hydrogens is 338 g/mol. The Kier molecular flexibility index (Phi) is 5.67. The Morgan fingerprint density at radius 2 is 1.48 bits per heavy atom. The Bertz CT molecular complexity index is 933. The zero-order chi connectivity index (χ0) is 19.2. The topological polar surface area (TPSA) is 55.4 Å². The van der Waals surface area contributed by atoms with Gasteiger partial charge >= 0.3 is 0 Å². The summed E-state index contributed by atoms with van der Waals surface area (Å²) in [6.45, 7) is 3.66. The van der Waals surface area contributed by atoms with E-state index in [1.165, 1.54) is 0 Å². The number of amides is 1. The molecule has 0 bridgehead atoms. The smallest absolute Gasteiger partial charge is 0.265 e. The van der Waals surface area contributed by atoms with Gasteiger partial charge in [-0.2, -0.15) is 0 Å². The summed E-state index contributed by atoms with van der Waals surface area (Å²) in [6, 6.07) is 23.5. The number of nitrogens with one attached hydrogen (secondary N) is 1. The quantitative estimate of drug-likeness (QED) is 0.653. The molecule has 136 valence electrons. The molecule has 4 nitrogen and oxygen atoms in total. The van der Waals surface area contributed by atoms with Gasteiger partial charge in [-0.25, -0.2) is 0 Å². The van der Waals surface area contributed by atoms with E-state index in [9.17, 15) is 9.59 Å². The first-order valence-corrected chi connectivity index (χ1v) is 8.77. The molecule has 0 aromatic heterocycles. The number of ketones is 1. The SMILES string of the molecule is Cc1ccc(OC(C)C(=O)Nc2ccccc2C(=O)c2ccccc2)cc1. The molecule has 1 amide bonds. The third-order valence-corrected chi connectivity index (χ3v) is 4.17. The molecule has 1 unspecified atom stereocenters. The fraction of sp³-hybridized carbons (Fsp3) is 0.130. The zero-order valence-corrected chi connectivity index (χ0v) is 15.3. The van der Waals surface area contributed by atoms with Gasteiger partial charge in [0, 0.05) is 11.1 Å². The molecule has 0 spiro atoms. The van der Waals surface area contributed by atoms with Crippen LogP contribution in [0.2, 0.25) is 0 Å². The number of ether oxygens (including phenoxy) is 1. The van der Waals surface area contributed by atoms with Crippen molar-refractivity contribution in [1.29, 1.82) is 0 Å². The lowest BCUT2D eigenvalue weighted by Crippen LogP contribution is -2.30. The maximum atomic E-state index is 12.8. The standard InChI is InChI=1S/C23H21NO3/c1-16-12-14-19(15-13-16)27-17(2)23(26)24-21-11-7-6-10-20(21)22(25)18-8-4-3-5-9-18/h3-15,17H,1-2H3,(H,24,26). The van der Waals surface area contributed by atoms with Crippen molar-refractivity contribution in [3.05, 3.63) is 95.6 Å². The molecule has 4 heteroatoms. The maximum Gasteiger partial charge on any atom is 0.265 e. The van der Waals surface area contributed by atoms with Crippen LogP contribution < -0.4 is 10.1 Å². The van der Waals surface area contributed by atoms with Crippen LogP contribution in [0.15, 0.2) is 78.9 Å². The van der Waals surface area contributed by atoms with Crippen molar-refractivity contribution in [3.63, 3.8) is 0 Å². The highest BCUT2D eigenvalue weighted by atomic mass is 16.5. The van der Waals surface area contributed by atoms with E-state index in [1.54, 1.807) is 43.3 Å². The third kappa shape index (κ3) is 4.61. The normalized spacial score (nSPS) is 11.5. The van der Waals surface area contributed by atoms with E-state index in [2.05, 4.69) is 5.32 Å². The van der Waals surface area contributed by atoms with E-state index in [-0.39, 0.29) is 11.7 Å². The van der Waals surface area contributed by atoms with Crippen molar-refractivity contribution in [2.45, 2.75) is 20.0 Å². The molecule has 0 saturated carbocycles. The predicted molar refractivity (Wildman–Crippen MR) is 106 cm³/mol. The maximum absolute atomic E-state index is 12.8. The summed E-state index contributed by atoms with van der Waals surface area (Å²) in [5.74, 6) is 0.166. The monoisotopic (exact) mass is 359 g/mol. The largest absolute Gasteiger partial charge is 0.481 e. The summed E-state index contributed by atoms with van der Waals surface area (Å²) in [6.07, 6.45) is -0.701. The number of hydrogen-bond acceptors (Lipinski definition) is 3. The molecule has 0 fully saturated rings. The van der Waals surface area contributed by atoms with Crippen LogP contribution in [-0.4, -0.2) is 17.8 Å². The van der Waals surface area contributed by atoms with Gasteiger partial charge in [0.05, 0.1) is 5.69 Å². The van der Waals surface area contributed by atoms with Crippen LogP contribution in [0.5, 0.6) is 5.75 Å². The van der Waals surface area contributed by atoms with E-state index < -0.39 is 6.10 Å². The van der Waals surface area contributed by atoms with Crippen molar-refractivity contribution < 1.29 is 14.3 Å². The van der Waals surface area contributed by atoms with Gasteiger partial charge in [-0.15, -0.1) is 0 Å². The van der Waals surface area contributed by atoms with Crippen molar-refractivity contribution in [2.24, 2.45) is 0 Å². The van der Waals surface area contributed by atoms with E-state index in [0.717, 1.165) is 5.56 Å². The number of hydrogen-bond donors (Lipinski definition) is 1. The molecule has 3 aromatic rings. The highest BCUT2D eigenvalue weighted by Crippen LogP contribution is 2.20. The molecule has 3 aromatic carbocycles. The number of carbonyl (C=O) groups is 2. The van der Waals surface area contributed by atoms with Crippen LogP contribution in [0.25, 0.3) is 0 Å². The van der Waals surface area contributed by atoms with Crippen molar-refractivity contribution in [1.82, 2.24) is 0 Å². The van der Waals surface area contributed by atoms with Crippen LogP contribution in [0.3, 0.4) is 0 Å². The summed E-state index contributed by atoms with van der Waals surface area (Å²) in [5, 5.41) is 2.81. The highest BCUT2D eigenvalue weighted by molar-refractivity contribution is 6.14. The molecule has 0 aliphatic carbocycles. The Hall–Kier alpha value is -3.40. The second-order valence-corrected chi connectivity index (χ2v) is 6.30. The van der Waals surface area contributed by atoms with Crippen LogP contribution in [0.1, 0.15) is 28.4 Å². The molecule has 0 aliphatic heterocycles. The van der Waals surface area contributed by atoms with Gasteiger partial charge in [-0.05, 0) is 38.1 Å². The van der Waals surface area contributed by atoms with Gasteiger partial charge in [0.1, 0.15) is 5.75 Å². The number of para-hydroxylation sites is 1. The van der Waals surface area contributed by atoms with Crippen LogP contribution in [0, 0.1) is 6.92 Å². The predicted octanol–water partition coefficient (Wildman–Crippen LogP) is 4.63. The summed E-state index contributed by atoms with van der Waals surface area (Å²) in [4.78, 5) is 25.3. The lowest BCUT2D eigenvalue weighted by atomic mass is 10.0. The van der Waals surface area contributed by atoms with Gasteiger partial charge in [-0.1, -0.05) is 60.2 Å². The number of benzene rings is 3. The summed E-state index contributed by atoms with van der Waals surface area (Å²) in [5.41, 5.74) is 2.60. The molecule has 3 rings (SSSR count). The second kappa shape index (κ2) is 8.32. The van der Waals surface area contributed by atoms with E-state index in [1.807, 2.05) is 49.4 Å². The second-order valence-electron chi connectivity index (χ2n) is 6.30. The molecule has 0 saturated heterocycles. The van der Waals surface area contributed by atoms with Gasteiger partial charge in [-0.3, -0.25) is 9.59 Å². The molecule has 1 atom stereocenters. The van der Waals surface area contributed by atoms with Crippen LogP contribution in [-0.2, 0) is 4.79 Å². The summed E-state index contributed by atoms with van der Waals surface area (Å²) >= 11 is 0. The minimum absolute atomic E-state index is 0.140.